The minimum Gasteiger partial charge on any atom is -0.493 e. The molecule has 1 aromatic carbocycles. The number of hydrogen-bond donors (Lipinski definition) is 0. The normalized spacial score (nSPS) is 10.5. The first-order valence-electron chi connectivity index (χ1n) is 6.00. The molecule has 0 aliphatic rings. The van der Waals surface area contributed by atoms with Crippen molar-refractivity contribution in [2.75, 3.05) is 7.11 Å². The third-order valence-electron chi connectivity index (χ3n) is 2.73. The number of hydrogen-bond acceptors (Lipinski definition) is 4. The fourth-order valence-corrected chi connectivity index (χ4v) is 2.07. The van der Waals surface area contributed by atoms with Crippen LogP contribution in [0.5, 0.6) is 11.5 Å². The zero-order valence-electron chi connectivity index (χ0n) is 11.0. The number of aryl methyl sites for hydroxylation is 1. The lowest BCUT2D eigenvalue weighted by Crippen LogP contribution is -2.07. The van der Waals surface area contributed by atoms with Gasteiger partial charge in [0, 0.05) is 11.9 Å². The van der Waals surface area contributed by atoms with E-state index in [-0.39, 0.29) is 0 Å². The molecular formula is C13H16BrN3O2. The standard InChI is InChI=1S/C13H16BrN3O2/c1-3-17-13(15-9-16-17)8-19-12-6-10(7-14)4-5-11(12)18-2/h4-6,9H,3,7-8H2,1-2H3. The summed E-state index contributed by atoms with van der Waals surface area (Å²) in [6.07, 6.45) is 1.54. The second kappa shape index (κ2) is 6.56. The van der Waals surface area contributed by atoms with Gasteiger partial charge in [-0.3, -0.25) is 0 Å². The number of alkyl halides is 1. The van der Waals surface area contributed by atoms with Crippen LogP contribution >= 0.6 is 15.9 Å². The van der Waals surface area contributed by atoms with Crippen LogP contribution in [0.1, 0.15) is 18.3 Å². The maximum absolute atomic E-state index is 5.79. The zero-order chi connectivity index (χ0) is 13.7. The van der Waals surface area contributed by atoms with E-state index in [1.807, 2.05) is 25.1 Å². The Labute approximate surface area is 120 Å². The summed E-state index contributed by atoms with van der Waals surface area (Å²) in [6.45, 7) is 3.16. The third-order valence-corrected chi connectivity index (χ3v) is 3.38. The van der Waals surface area contributed by atoms with Crippen molar-refractivity contribution in [1.82, 2.24) is 14.8 Å². The van der Waals surface area contributed by atoms with Crippen molar-refractivity contribution in [2.45, 2.75) is 25.4 Å². The van der Waals surface area contributed by atoms with Gasteiger partial charge in [0.25, 0.3) is 0 Å². The van der Waals surface area contributed by atoms with Gasteiger partial charge in [0.2, 0.25) is 0 Å². The van der Waals surface area contributed by atoms with Crippen molar-refractivity contribution >= 4 is 15.9 Å². The van der Waals surface area contributed by atoms with Crippen LogP contribution in [0.3, 0.4) is 0 Å². The van der Waals surface area contributed by atoms with Gasteiger partial charge in [0.05, 0.1) is 7.11 Å². The zero-order valence-corrected chi connectivity index (χ0v) is 12.6. The van der Waals surface area contributed by atoms with Crippen molar-refractivity contribution in [2.24, 2.45) is 0 Å². The summed E-state index contributed by atoms with van der Waals surface area (Å²) < 4.78 is 12.9. The fourth-order valence-electron chi connectivity index (χ4n) is 1.72. The monoisotopic (exact) mass is 325 g/mol. The number of rotatable bonds is 6. The quantitative estimate of drug-likeness (QED) is 0.766. The van der Waals surface area contributed by atoms with Crippen molar-refractivity contribution in [3.05, 3.63) is 35.9 Å². The van der Waals surface area contributed by atoms with E-state index in [1.54, 1.807) is 11.8 Å². The highest BCUT2D eigenvalue weighted by molar-refractivity contribution is 9.08. The van der Waals surface area contributed by atoms with Crippen molar-refractivity contribution in [3.8, 4) is 11.5 Å². The molecule has 0 amide bonds. The Balaban J connectivity index is 2.14. The van der Waals surface area contributed by atoms with Gasteiger partial charge in [-0.1, -0.05) is 22.0 Å². The molecular weight excluding hydrogens is 310 g/mol. The summed E-state index contributed by atoms with van der Waals surface area (Å²) in [5.41, 5.74) is 1.13. The number of halogens is 1. The van der Waals surface area contributed by atoms with Crippen molar-refractivity contribution < 1.29 is 9.47 Å². The van der Waals surface area contributed by atoms with E-state index in [1.165, 1.54) is 6.33 Å². The molecule has 0 fully saturated rings. The predicted molar refractivity (Wildman–Crippen MR) is 75.7 cm³/mol. The van der Waals surface area contributed by atoms with Gasteiger partial charge in [-0.25, -0.2) is 9.67 Å². The van der Waals surface area contributed by atoms with E-state index in [2.05, 4.69) is 26.0 Å². The summed E-state index contributed by atoms with van der Waals surface area (Å²) in [7, 11) is 1.63. The smallest absolute Gasteiger partial charge is 0.164 e. The number of ether oxygens (including phenoxy) is 2. The Morgan fingerprint density at radius 1 is 1.32 bits per heavy atom. The minimum atomic E-state index is 0.371. The summed E-state index contributed by atoms with van der Waals surface area (Å²) in [5, 5.41) is 4.89. The molecule has 0 atom stereocenters. The molecule has 19 heavy (non-hydrogen) atoms. The van der Waals surface area contributed by atoms with Gasteiger partial charge in [-0.05, 0) is 24.6 Å². The second-order valence-corrected chi connectivity index (χ2v) is 4.46. The molecule has 0 radical (unpaired) electrons. The molecule has 0 aliphatic carbocycles. The third kappa shape index (κ3) is 3.26. The molecule has 0 spiro atoms. The van der Waals surface area contributed by atoms with Gasteiger partial charge in [-0.15, -0.1) is 0 Å². The molecule has 1 heterocycles. The van der Waals surface area contributed by atoms with E-state index in [0.717, 1.165) is 23.3 Å². The molecule has 5 nitrogen and oxygen atoms in total. The molecule has 2 rings (SSSR count). The van der Waals surface area contributed by atoms with Gasteiger partial charge in [0.15, 0.2) is 17.3 Å². The summed E-state index contributed by atoms with van der Waals surface area (Å²) in [4.78, 5) is 4.18. The van der Waals surface area contributed by atoms with Crippen molar-refractivity contribution in [1.29, 1.82) is 0 Å². The SMILES string of the molecule is CCn1ncnc1COc1cc(CBr)ccc1OC. The highest BCUT2D eigenvalue weighted by Gasteiger charge is 2.08. The summed E-state index contributed by atoms with van der Waals surface area (Å²) in [6, 6.07) is 5.85. The Hall–Kier alpha value is -1.56. The fraction of sp³-hybridized carbons (Fsp3) is 0.385. The molecule has 2 aromatic rings. The van der Waals surface area contributed by atoms with E-state index in [0.29, 0.717) is 18.1 Å². The molecule has 0 bridgehead atoms. The Morgan fingerprint density at radius 2 is 2.16 bits per heavy atom. The van der Waals surface area contributed by atoms with Crippen LogP contribution in [0.2, 0.25) is 0 Å². The minimum absolute atomic E-state index is 0.371. The van der Waals surface area contributed by atoms with E-state index in [4.69, 9.17) is 9.47 Å². The van der Waals surface area contributed by atoms with Gasteiger partial charge < -0.3 is 9.47 Å². The number of nitrogens with zero attached hydrogens (tertiary/aromatic N) is 3. The van der Waals surface area contributed by atoms with Crippen LogP contribution in [0, 0.1) is 0 Å². The van der Waals surface area contributed by atoms with E-state index >= 15 is 0 Å². The molecule has 0 N–H and O–H groups in total. The van der Waals surface area contributed by atoms with Crippen LogP contribution in [0.4, 0.5) is 0 Å². The molecule has 0 aliphatic heterocycles. The first kappa shape index (κ1) is 13.9. The highest BCUT2D eigenvalue weighted by Crippen LogP contribution is 2.29. The molecule has 6 heteroatoms. The van der Waals surface area contributed by atoms with Crippen LogP contribution in [-0.2, 0) is 18.5 Å². The second-order valence-electron chi connectivity index (χ2n) is 3.90. The summed E-state index contributed by atoms with van der Waals surface area (Å²) in [5.74, 6) is 2.23. The lowest BCUT2D eigenvalue weighted by Gasteiger charge is -2.11. The van der Waals surface area contributed by atoms with E-state index < -0.39 is 0 Å². The molecule has 0 unspecified atom stereocenters. The maximum atomic E-state index is 5.79. The first-order valence-corrected chi connectivity index (χ1v) is 7.13. The Kier molecular flexibility index (Phi) is 4.79. The largest absolute Gasteiger partial charge is 0.493 e. The van der Waals surface area contributed by atoms with E-state index in [9.17, 15) is 0 Å². The maximum Gasteiger partial charge on any atom is 0.164 e. The predicted octanol–water partition coefficient (Wildman–Crippen LogP) is 2.78. The van der Waals surface area contributed by atoms with Crippen LogP contribution in [0.15, 0.2) is 24.5 Å². The molecule has 0 saturated heterocycles. The molecule has 1 aromatic heterocycles. The lowest BCUT2D eigenvalue weighted by atomic mass is 10.2. The van der Waals surface area contributed by atoms with Crippen LogP contribution in [-0.4, -0.2) is 21.9 Å². The average Bonchev–Trinajstić information content (AvgIpc) is 2.92. The van der Waals surface area contributed by atoms with Crippen LogP contribution in [0.25, 0.3) is 0 Å². The Morgan fingerprint density at radius 3 is 2.84 bits per heavy atom. The highest BCUT2D eigenvalue weighted by atomic mass is 79.9. The summed E-state index contributed by atoms with van der Waals surface area (Å²) >= 11 is 3.43. The number of methoxy groups -OCH3 is 1. The average molecular weight is 326 g/mol. The Bertz CT molecular complexity index is 542. The lowest BCUT2D eigenvalue weighted by molar-refractivity contribution is 0.269. The van der Waals surface area contributed by atoms with Gasteiger partial charge in [0.1, 0.15) is 12.9 Å². The first-order chi connectivity index (χ1) is 9.28. The molecule has 102 valence electrons. The number of aromatic nitrogens is 3. The number of benzene rings is 1. The van der Waals surface area contributed by atoms with Crippen molar-refractivity contribution in [3.63, 3.8) is 0 Å². The van der Waals surface area contributed by atoms with Crippen LogP contribution < -0.4 is 9.47 Å². The molecule has 0 saturated carbocycles. The topological polar surface area (TPSA) is 49.2 Å². The van der Waals surface area contributed by atoms with Gasteiger partial charge >= 0.3 is 0 Å². The van der Waals surface area contributed by atoms with Gasteiger partial charge in [-0.2, -0.15) is 5.10 Å².